The lowest BCUT2D eigenvalue weighted by Crippen LogP contribution is -2.59. The SMILES string of the molecule is CO[C@@H](O)C(O[C@H]1CC(O)[C@H](OCc2ccccc2)C(COCc2ccccc2)O1)C(OCc1ccccc1)C1O[C@H](c2ccccc2)OCC1(C)C. The van der Waals surface area contributed by atoms with Crippen molar-refractivity contribution in [2.24, 2.45) is 5.41 Å². The third kappa shape index (κ3) is 10.8. The second-order valence-electron chi connectivity index (χ2n) is 14.3. The number of hydrogen-bond acceptors (Lipinski definition) is 10. The first kappa shape index (κ1) is 39.2. The van der Waals surface area contributed by atoms with Crippen LogP contribution in [0, 0.1) is 5.41 Å². The Kier molecular flexibility index (Phi) is 14.2. The molecule has 2 saturated heterocycles. The molecule has 0 bridgehead atoms. The van der Waals surface area contributed by atoms with Crippen LogP contribution in [0.1, 0.15) is 48.8 Å². The highest BCUT2D eigenvalue weighted by Gasteiger charge is 2.50. The Morgan fingerprint density at radius 1 is 0.755 bits per heavy atom. The van der Waals surface area contributed by atoms with Gasteiger partial charge in [-0.1, -0.05) is 135 Å². The predicted octanol–water partition coefficient (Wildman–Crippen LogP) is 6.34. The number of rotatable bonds is 17. The van der Waals surface area contributed by atoms with Gasteiger partial charge in [0.2, 0.25) is 0 Å². The van der Waals surface area contributed by atoms with Gasteiger partial charge in [-0.25, -0.2) is 0 Å². The molecule has 4 aromatic carbocycles. The van der Waals surface area contributed by atoms with Gasteiger partial charge in [0, 0.05) is 24.5 Å². The van der Waals surface area contributed by atoms with E-state index in [0.717, 1.165) is 22.3 Å². The maximum absolute atomic E-state index is 11.6. The lowest BCUT2D eigenvalue weighted by molar-refractivity contribution is -0.342. The molecule has 10 nitrogen and oxygen atoms in total. The number of methoxy groups -OCH3 is 1. The van der Waals surface area contributed by atoms with Crippen molar-refractivity contribution in [1.82, 2.24) is 0 Å². The molecular weight excluding hydrogens is 676 g/mol. The smallest absolute Gasteiger partial charge is 0.184 e. The van der Waals surface area contributed by atoms with Gasteiger partial charge in [0.25, 0.3) is 0 Å². The Hall–Kier alpha value is -3.52. The summed E-state index contributed by atoms with van der Waals surface area (Å²) >= 11 is 0. The van der Waals surface area contributed by atoms with Crippen molar-refractivity contribution < 1.29 is 48.1 Å². The minimum Gasteiger partial charge on any atom is -0.390 e. The van der Waals surface area contributed by atoms with Crippen LogP contribution in [-0.4, -0.2) is 79.7 Å². The summed E-state index contributed by atoms with van der Waals surface area (Å²) in [6.07, 6.45) is -7.97. The number of hydrogen-bond donors (Lipinski definition) is 2. The van der Waals surface area contributed by atoms with Crippen LogP contribution in [0.5, 0.6) is 0 Å². The summed E-state index contributed by atoms with van der Waals surface area (Å²) in [6, 6.07) is 39.1. The molecule has 0 radical (unpaired) electrons. The van der Waals surface area contributed by atoms with E-state index < -0.39 is 60.9 Å². The van der Waals surface area contributed by atoms with Crippen LogP contribution >= 0.6 is 0 Å². The van der Waals surface area contributed by atoms with Crippen LogP contribution in [0.25, 0.3) is 0 Å². The number of ether oxygens (including phenoxy) is 8. The van der Waals surface area contributed by atoms with Crippen molar-refractivity contribution in [3.8, 4) is 0 Å². The largest absolute Gasteiger partial charge is 0.390 e. The highest BCUT2D eigenvalue weighted by molar-refractivity contribution is 5.18. The third-order valence-corrected chi connectivity index (χ3v) is 9.64. The monoisotopic (exact) mass is 728 g/mol. The van der Waals surface area contributed by atoms with Crippen molar-refractivity contribution in [1.29, 1.82) is 0 Å². The first-order chi connectivity index (χ1) is 25.8. The summed E-state index contributed by atoms with van der Waals surface area (Å²) in [5, 5.41) is 23.1. The van der Waals surface area contributed by atoms with Gasteiger partial charge in [0.05, 0.1) is 45.2 Å². The standard InChI is InChI=1S/C43H52O10/c1-43(2)29-50-42(33-22-14-7-15-23-33)53-40(43)38(49-27-32-20-12-6-13-21-32)39(41(45)46-3)52-36-24-34(44)37(48-26-31-18-10-5-11-19-31)35(51-36)28-47-25-30-16-8-4-9-17-30/h4-23,34-42,44-45H,24-29H2,1-3H3/t34?,35?,36-,37-,38?,39?,40?,41+,42+/m0/s1. The Bertz CT molecular complexity index is 1610. The summed E-state index contributed by atoms with van der Waals surface area (Å²) in [5.74, 6) is 0. The zero-order valence-electron chi connectivity index (χ0n) is 30.6. The first-order valence-electron chi connectivity index (χ1n) is 18.3. The minimum absolute atomic E-state index is 0.0671. The van der Waals surface area contributed by atoms with E-state index in [1.807, 2.05) is 135 Å². The Morgan fingerprint density at radius 3 is 1.92 bits per heavy atom. The molecule has 6 rings (SSSR count). The van der Waals surface area contributed by atoms with Gasteiger partial charge in [0.1, 0.15) is 24.4 Å². The molecule has 5 unspecified atom stereocenters. The summed E-state index contributed by atoms with van der Waals surface area (Å²) in [4.78, 5) is 0. The number of benzene rings is 4. The molecule has 2 aliphatic heterocycles. The normalized spacial score (nSPS) is 26.1. The molecular formula is C43H52O10. The van der Waals surface area contributed by atoms with E-state index in [1.54, 1.807) is 0 Å². The quantitative estimate of drug-likeness (QED) is 0.120. The van der Waals surface area contributed by atoms with Gasteiger partial charge in [-0.2, -0.15) is 0 Å². The molecule has 2 N–H and O–H groups in total. The molecule has 0 aliphatic carbocycles. The average molecular weight is 729 g/mol. The minimum atomic E-state index is -1.44. The zero-order valence-corrected chi connectivity index (χ0v) is 30.6. The molecule has 284 valence electrons. The van der Waals surface area contributed by atoms with Crippen LogP contribution < -0.4 is 0 Å². The topological polar surface area (TPSA) is 114 Å². The molecule has 0 amide bonds. The van der Waals surface area contributed by atoms with E-state index in [-0.39, 0.29) is 26.2 Å². The molecule has 2 fully saturated rings. The molecule has 2 heterocycles. The highest BCUT2D eigenvalue weighted by atomic mass is 16.7. The second kappa shape index (κ2) is 19.2. The van der Waals surface area contributed by atoms with E-state index in [4.69, 9.17) is 37.9 Å². The molecule has 10 heteroatoms. The average Bonchev–Trinajstić information content (AvgIpc) is 3.19. The number of aliphatic hydroxyl groups is 2. The van der Waals surface area contributed by atoms with Crippen molar-refractivity contribution in [3.63, 3.8) is 0 Å². The fourth-order valence-corrected chi connectivity index (χ4v) is 6.75. The van der Waals surface area contributed by atoms with Gasteiger partial charge in [-0.3, -0.25) is 0 Å². The van der Waals surface area contributed by atoms with E-state index in [0.29, 0.717) is 13.2 Å². The summed E-state index contributed by atoms with van der Waals surface area (Å²) in [5.41, 5.74) is 3.20. The van der Waals surface area contributed by atoms with Gasteiger partial charge < -0.3 is 48.1 Å². The summed E-state index contributed by atoms with van der Waals surface area (Å²) in [7, 11) is 1.41. The van der Waals surface area contributed by atoms with Gasteiger partial charge in [0.15, 0.2) is 18.9 Å². The fraction of sp³-hybridized carbons (Fsp3) is 0.442. The highest BCUT2D eigenvalue weighted by Crippen LogP contribution is 2.41. The molecule has 9 atom stereocenters. The van der Waals surface area contributed by atoms with Crippen LogP contribution in [0.4, 0.5) is 0 Å². The Labute approximate surface area is 312 Å². The zero-order chi connectivity index (χ0) is 37.0. The van der Waals surface area contributed by atoms with Gasteiger partial charge in [-0.05, 0) is 16.7 Å². The van der Waals surface area contributed by atoms with Crippen LogP contribution in [0.3, 0.4) is 0 Å². The van der Waals surface area contributed by atoms with Crippen LogP contribution in [0.15, 0.2) is 121 Å². The molecule has 0 saturated carbocycles. The van der Waals surface area contributed by atoms with Crippen molar-refractivity contribution in [2.75, 3.05) is 20.3 Å². The molecule has 2 aliphatic rings. The molecule has 0 aromatic heterocycles. The molecule has 0 spiro atoms. The summed E-state index contributed by atoms with van der Waals surface area (Å²) in [6.45, 7) is 5.41. The second-order valence-corrected chi connectivity index (χ2v) is 14.3. The van der Waals surface area contributed by atoms with Crippen molar-refractivity contribution >= 4 is 0 Å². The van der Waals surface area contributed by atoms with E-state index in [1.165, 1.54) is 7.11 Å². The number of aliphatic hydroxyl groups excluding tert-OH is 2. The third-order valence-electron chi connectivity index (χ3n) is 9.64. The fourth-order valence-electron chi connectivity index (χ4n) is 6.75. The lowest BCUT2D eigenvalue weighted by atomic mass is 9.81. The Morgan fingerprint density at radius 2 is 1.32 bits per heavy atom. The summed E-state index contributed by atoms with van der Waals surface area (Å²) < 4.78 is 50.7. The predicted molar refractivity (Wildman–Crippen MR) is 197 cm³/mol. The maximum atomic E-state index is 11.6. The van der Waals surface area contributed by atoms with Gasteiger partial charge >= 0.3 is 0 Å². The first-order valence-corrected chi connectivity index (χ1v) is 18.3. The van der Waals surface area contributed by atoms with Gasteiger partial charge in [-0.15, -0.1) is 0 Å². The Balaban J connectivity index is 1.25. The van der Waals surface area contributed by atoms with Crippen LogP contribution in [-0.2, 0) is 57.7 Å². The van der Waals surface area contributed by atoms with Crippen LogP contribution in [0.2, 0.25) is 0 Å². The van der Waals surface area contributed by atoms with Crippen molar-refractivity contribution in [2.45, 2.75) is 95.6 Å². The lowest BCUT2D eigenvalue weighted by Gasteiger charge is -2.48. The maximum Gasteiger partial charge on any atom is 0.184 e. The molecule has 4 aromatic rings. The van der Waals surface area contributed by atoms with Crippen molar-refractivity contribution in [3.05, 3.63) is 144 Å². The van der Waals surface area contributed by atoms with E-state index in [2.05, 4.69) is 0 Å². The molecule has 53 heavy (non-hydrogen) atoms. The van der Waals surface area contributed by atoms with E-state index in [9.17, 15) is 10.2 Å². The van der Waals surface area contributed by atoms with E-state index >= 15 is 0 Å².